The summed E-state index contributed by atoms with van der Waals surface area (Å²) >= 11 is 1.31. The van der Waals surface area contributed by atoms with Crippen molar-refractivity contribution in [3.8, 4) is 0 Å². The highest BCUT2D eigenvalue weighted by atomic mass is 32.2. The van der Waals surface area contributed by atoms with Gasteiger partial charge >= 0.3 is 0 Å². The Morgan fingerprint density at radius 1 is 1.30 bits per heavy atom. The van der Waals surface area contributed by atoms with Crippen molar-refractivity contribution in [2.24, 2.45) is 0 Å². The molecule has 5 nitrogen and oxygen atoms in total. The highest BCUT2D eigenvalue weighted by Crippen LogP contribution is 2.45. The van der Waals surface area contributed by atoms with Crippen LogP contribution in [0.2, 0.25) is 0 Å². The van der Waals surface area contributed by atoms with Gasteiger partial charge in [0.1, 0.15) is 5.76 Å². The van der Waals surface area contributed by atoms with E-state index in [1.165, 1.54) is 16.7 Å². The largest absolute Gasteiger partial charge is 0.467 e. The molecule has 0 saturated heterocycles. The number of carbonyl (C=O) groups is 2. The maximum Gasteiger partial charge on any atom is 0.252 e. The Balaban J connectivity index is 1.88. The normalized spacial score (nSPS) is 20.3. The van der Waals surface area contributed by atoms with E-state index in [0.29, 0.717) is 12.3 Å². The molecule has 0 fully saturated rings. The van der Waals surface area contributed by atoms with Gasteiger partial charge in [-0.2, -0.15) is 0 Å². The minimum Gasteiger partial charge on any atom is -0.467 e. The molecule has 0 saturated carbocycles. The minimum absolute atomic E-state index is 0.211. The molecule has 6 heteroatoms. The molecule has 0 radical (unpaired) electrons. The summed E-state index contributed by atoms with van der Waals surface area (Å²) in [6.07, 6.45) is 1.57. The number of amides is 2. The number of hydrogen-bond donors (Lipinski definition) is 0. The maximum absolute atomic E-state index is 12.9. The number of hydrogen-bond acceptors (Lipinski definition) is 4. The molecule has 23 heavy (non-hydrogen) atoms. The van der Waals surface area contributed by atoms with Crippen LogP contribution in [0.15, 0.2) is 52.0 Å². The zero-order chi connectivity index (χ0) is 16.6. The van der Waals surface area contributed by atoms with Crippen LogP contribution in [-0.4, -0.2) is 35.6 Å². The minimum atomic E-state index is -1.18. The molecular formula is C17H18N2O3S. The summed E-state index contributed by atoms with van der Waals surface area (Å²) in [7, 11) is 3.39. The number of para-hydroxylation sites is 1. The molecule has 2 heterocycles. The van der Waals surface area contributed by atoms with E-state index in [9.17, 15) is 9.59 Å². The van der Waals surface area contributed by atoms with Gasteiger partial charge < -0.3 is 14.2 Å². The molecular weight excluding hydrogens is 312 g/mol. The van der Waals surface area contributed by atoms with Crippen LogP contribution in [0.5, 0.6) is 0 Å². The highest BCUT2D eigenvalue weighted by Gasteiger charge is 2.49. The zero-order valence-electron chi connectivity index (χ0n) is 13.3. The van der Waals surface area contributed by atoms with Crippen molar-refractivity contribution < 1.29 is 14.0 Å². The maximum atomic E-state index is 12.9. The lowest BCUT2D eigenvalue weighted by molar-refractivity contribution is -0.138. The fourth-order valence-corrected chi connectivity index (χ4v) is 4.08. The Labute approximate surface area is 139 Å². The van der Waals surface area contributed by atoms with E-state index in [1.807, 2.05) is 30.3 Å². The summed E-state index contributed by atoms with van der Waals surface area (Å²) in [5, 5.41) is 0. The second kappa shape index (κ2) is 5.77. The zero-order valence-corrected chi connectivity index (χ0v) is 14.1. The Bertz CT molecular complexity index is 744. The van der Waals surface area contributed by atoms with Crippen LogP contribution in [0.3, 0.4) is 0 Å². The van der Waals surface area contributed by atoms with Crippen molar-refractivity contribution in [2.75, 3.05) is 19.0 Å². The van der Waals surface area contributed by atoms with Crippen molar-refractivity contribution in [3.05, 3.63) is 48.4 Å². The van der Waals surface area contributed by atoms with Crippen LogP contribution in [0.25, 0.3) is 0 Å². The molecule has 1 aromatic heterocycles. The molecule has 0 spiro atoms. The molecule has 120 valence electrons. The second-order valence-electron chi connectivity index (χ2n) is 5.71. The smallest absolute Gasteiger partial charge is 0.252 e. The van der Waals surface area contributed by atoms with Crippen LogP contribution in [-0.2, 0) is 16.1 Å². The Hall–Kier alpha value is -2.21. The first-order valence-electron chi connectivity index (χ1n) is 7.27. The Morgan fingerprint density at radius 2 is 2.04 bits per heavy atom. The molecule has 0 N–H and O–H groups in total. The summed E-state index contributed by atoms with van der Waals surface area (Å²) in [6, 6.07) is 11.2. The SMILES string of the molecule is CN(Cc1ccco1)C(=O)[C@@]1(C)Sc2ccccc2N(C)C1=O. The van der Waals surface area contributed by atoms with Crippen molar-refractivity contribution in [2.45, 2.75) is 23.1 Å². The number of nitrogens with zero attached hydrogens (tertiary/aromatic N) is 2. The average Bonchev–Trinajstić information content (AvgIpc) is 3.05. The van der Waals surface area contributed by atoms with E-state index >= 15 is 0 Å². The number of thioether (sulfide) groups is 1. The van der Waals surface area contributed by atoms with Gasteiger partial charge in [0.15, 0.2) is 4.75 Å². The van der Waals surface area contributed by atoms with Crippen LogP contribution >= 0.6 is 11.8 Å². The first-order valence-corrected chi connectivity index (χ1v) is 8.09. The fourth-order valence-electron chi connectivity index (χ4n) is 2.72. The molecule has 1 aliphatic rings. The van der Waals surface area contributed by atoms with Crippen LogP contribution in [0.1, 0.15) is 12.7 Å². The summed E-state index contributed by atoms with van der Waals surface area (Å²) in [5.74, 6) is 0.245. The van der Waals surface area contributed by atoms with Gasteiger partial charge in [-0.15, -0.1) is 0 Å². The first kappa shape index (κ1) is 15.7. The lowest BCUT2D eigenvalue weighted by Gasteiger charge is -2.38. The number of benzene rings is 1. The average molecular weight is 330 g/mol. The van der Waals surface area contributed by atoms with Gasteiger partial charge in [-0.05, 0) is 31.2 Å². The predicted molar refractivity (Wildman–Crippen MR) is 89.3 cm³/mol. The lowest BCUT2D eigenvalue weighted by Crippen LogP contribution is -2.55. The van der Waals surface area contributed by atoms with Gasteiger partial charge in [0.25, 0.3) is 5.91 Å². The number of rotatable bonds is 3. The molecule has 1 aliphatic heterocycles. The number of anilines is 1. The van der Waals surface area contributed by atoms with Gasteiger partial charge in [0, 0.05) is 19.0 Å². The van der Waals surface area contributed by atoms with E-state index in [-0.39, 0.29) is 11.8 Å². The predicted octanol–water partition coefficient (Wildman–Crippen LogP) is 2.77. The highest BCUT2D eigenvalue weighted by molar-refractivity contribution is 8.02. The monoisotopic (exact) mass is 330 g/mol. The Morgan fingerprint density at radius 3 is 2.74 bits per heavy atom. The first-order chi connectivity index (χ1) is 10.9. The van der Waals surface area contributed by atoms with Crippen molar-refractivity contribution in [3.63, 3.8) is 0 Å². The van der Waals surface area contributed by atoms with Crippen molar-refractivity contribution in [1.82, 2.24) is 4.90 Å². The van der Waals surface area contributed by atoms with Crippen LogP contribution in [0, 0.1) is 0 Å². The number of furan rings is 1. The van der Waals surface area contributed by atoms with Gasteiger partial charge in [0.05, 0.1) is 18.5 Å². The fraction of sp³-hybridized carbons (Fsp3) is 0.294. The third kappa shape index (κ3) is 2.63. The molecule has 1 aromatic carbocycles. The molecule has 2 amide bonds. The molecule has 0 aliphatic carbocycles. The molecule has 3 rings (SSSR count). The summed E-state index contributed by atoms with van der Waals surface area (Å²) in [6.45, 7) is 2.02. The van der Waals surface area contributed by atoms with E-state index in [2.05, 4.69) is 0 Å². The van der Waals surface area contributed by atoms with Gasteiger partial charge in [-0.25, -0.2) is 0 Å². The van der Waals surface area contributed by atoms with Crippen LogP contribution in [0.4, 0.5) is 5.69 Å². The van der Waals surface area contributed by atoms with Crippen LogP contribution < -0.4 is 4.90 Å². The third-order valence-corrected chi connectivity index (χ3v) is 5.30. The van der Waals surface area contributed by atoms with Crippen molar-refractivity contribution in [1.29, 1.82) is 0 Å². The number of fused-ring (bicyclic) bond motifs is 1. The van der Waals surface area contributed by atoms with Gasteiger partial charge in [-0.1, -0.05) is 23.9 Å². The quantitative estimate of drug-likeness (QED) is 0.812. The summed E-state index contributed by atoms with van der Waals surface area (Å²) in [4.78, 5) is 29.7. The van der Waals surface area contributed by atoms with E-state index in [4.69, 9.17) is 4.42 Å². The standard InChI is InChI=1S/C17H18N2O3S/c1-17(15(20)18(2)11-12-7-6-10-22-12)16(21)19(3)13-8-4-5-9-14(13)23-17/h4-10H,11H2,1-3H3/t17-/m1/s1. The number of carbonyl (C=O) groups excluding carboxylic acids is 2. The van der Waals surface area contributed by atoms with Crippen molar-refractivity contribution >= 4 is 29.3 Å². The summed E-state index contributed by atoms with van der Waals surface area (Å²) < 4.78 is 4.11. The molecule has 0 unspecified atom stereocenters. The Kier molecular flexibility index (Phi) is 3.93. The van der Waals surface area contributed by atoms with E-state index in [0.717, 1.165) is 10.6 Å². The summed E-state index contributed by atoms with van der Waals surface area (Å²) in [5.41, 5.74) is 0.835. The molecule has 1 atom stereocenters. The third-order valence-electron chi connectivity index (χ3n) is 3.98. The van der Waals surface area contributed by atoms with Gasteiger partial charge in [0.2, 0.25) is 5.91 Å². The lowest BCUT2D eigenvalue weighted by atomic mass is 10.1. The topological polar surface area (TPSA) is 53.8 Å². The van der Waals surface area contributed by atoms with Gasteiger partial charge in [-0.3, -0.25) is 9.59 Å². The van der Waals surface area contributed by atoms with E-state index in [1.54, 1.807) is 38.2 Å². The van der Waals surface area contributed by atoms with E-state index < -0.39 is 4.75 Å². The molecule has 0 bridgehead atoms. The molecule has 2 aromatic rings. The second-order valence-corrected chi connectivity index (χ2v) is 7.17.